The van der Waals surface area contributed by atoms with Crippen LogP contribution in [0.2, 0.25) is 0 Å². The topological polar surface area (TPSA) is 84.1 Å². The predicted molar refractivity (Wildman–Crippen MR) is 86.3 cm³/mol. The SMILES string of the molecule is CCOC(=O)c1c(C)[nH]c(C(=O)NC(C)c2ccccn2)c1C. The first-order valence-electron chi connectivity index (χ1n) is 7.53. The van der Waals surface area contributed by atoms with E-state index in [1.165, 1.54) is 0 Å². The maximum Gasteiger partial charge on any atom is 0.340 e. The molecule has 0 saturated heterocycles. The van der Waals surface area contributed by atoms with E-state index < -0.39 is 5.97 Å². The molecule has 1 amide bonds. The molecule has 1 unspecified atom stereocenters. The first-order chi connectivity index (χ1) is 11.0. The highest BCUT2D eigenvalue weighted by molar-refractivity contribution is 6.00. The average Bonchev–Trinajstić information content (AvgIpc) is 2.83. The predicted octanol–water partition coefficient (Wildman–Crippen LogP) is 2.69. The second-order valence-electron chi connectivity index (χ2n) is 5.30. The van der Waals surface area contributed by atoms with E-state index in [0.29, 0.717) is 29.1 Å². The summed E-state index contributed by atoms with van der Waals surface area (Å²) < 4.78 is 5.03. The Morgan fingerprint density at radius 2 is 2.09 bits per heavy atom. The van der Waals surface area contributed by atoms with Crippen LogP contribution in [0.3, 0.4) is 0 Å². The zero-order chi connectivity index (χ0) is 17.0. The maximum atomic E-state index is 12.5. The zero-order valence-corrected chi connectivity index (χ0v) is 13.8. The number of H-pyrrole nitrogens is 1. The fourth-order valence-electron chi connectivity index (χ4n) is 2.46. The third-order valence-corrected chi connectivity index (χ3v) is 3.62. The lowest BCUT2D eigenvalue weighted by molar-refractivity contribution is 0.0525. The smallest absolute Gasteiger partial charge is 0.340 e. The molecule has 0 aliphatic rings. The van der Waals surface area contributed by atoms with Crippen molar-refractivity contribution in [2.24, 2.45) is 0 Å². The number of amides is 1. The Kier molecular flexibility index (Phi) is 5.16. The van der Waals surface area contributed by atoms with Crippen molar-refractivity contribution in [1.29, 1.82) is 0 Å². The molecule has 0 radical (unpaired) electrons. The Balaban J connectivity index is 2.20. The monoisotopic (exact) mass is 315 g/mol. The molecule has 1 atom stereocenters. The number of nitrogens with zero attached hydrogens (tertiary/aromatic N) is 1. The molecule has 0 saturated carbocycles. The van der Waals surface area contributed by atoms with E-state index in [1.807, 2.05) is 25.1 Å². The molecule has 0 aliphatic heterocycles. The molecule has 2 N–H and O–H groups in total. The lowest BCUT2D eigenvalue weighted by Crippen LogP contribution is -2.28. The van der Waals surface area contributed by atoms with Gasteiger partial charge in [0.1, 0.15) is 5.69 Å². The number of carbonyl (C=O) groups excluding carboxylic acids is 2. The molecule has 0 aliphatic carbocycles. The first-order valence-corrected chi connectivity index (χ1v) is 7.53. The van der Waals surface area contributed by atoms with E-state index in [1.54, 1.807) is 27.0 Å². The van der Waals surface area contributed by atoms with Crippen LogP contribution >= 0.6 is 0 Å². The van der Waals surface area contributed by atoms with Crippen LogP contribution in [0.1, 0.15) is 57.7 Å². The normalized spacial score (nSPS) is 11.8. The van der Waals surface area contributed by atoms with Crippen LogP contribution < -0.4 is 5.32 Å². The summed E-state index contributed by atoms with van der Waals surface area (Å²) in [6.07, 6.45) is 1.68. The molecular weight excluding hydrogens is 294 g/mol. The molecule has 0 fully saturated rings. The lowest BCUT2D eigenvalue weighted by Gasteiger charge is -2.13. The van der Waals surface area contributed by atoms with Crippen LogP contribution in [0.25, 0.3) is 0 Å². The number of hydrogen-bond acceptors (Lipinski definition) is 4. The van der Waals surface area contributed by atoms with Gasteiger partial charge in [-0.2, -0.15) is 0 Å². The third kappa shape index (κ3) is 3.59. The summed E-state index contributed by atoms with van der Waals surface area (Å²) in [5.74, 6) is -0.699. The Morgan fingerprint density at radius 1 is 1.35 bits per heavy atom. The van der Waals surface area contributed by atoms with Gasteiger partial charge in [-0.05, 0) is 45.4 Å². The second kappa shape index (κ2) is 7.09. The highest BCUT2D eigenvalue weighted by Gasteiger charge is 2.23. The van der Waals surface area contributed by atoms with E-state index in [9.17, 15) is 9.59 Å². The fourth-order valence-corrected chi connectivity index (χ4v) is 2.46. The summed E-state index contributed by atoms with van der Waals surface area (Å²) in [6, 6.07) is 5.30. The van der Waals surface area contributed by atoms with Crippen molar-refractivity contribution in [3.05, 3.63) is 52.6 Å². The summed E-state index contributed by atoms with van der Waals surface area (Å²) >= 11 is 0. The summed E-state index contributed by atoms with van der Waals surface area (Å²) in [5, 5.41) is 2.88. The summed E-state index contributed by atoms with van der Waals surface area (Å²) in [5.41, 5.74) is 2.77. The molecule has 0 bridgehead atoms. The molecule has 2 heterocycles. The molecule has 23 heavy (non-hydrogen) atoms. The molecule has 2 rings (SSSR count). The highest BCUT2D eigenvalue weighted by atomic mass is 16.5. The number of aromatic nitrogens is 2. The van der Waals surface area contributed by atoms with Gasteiger partial charge in [0.15, 0.2) is 0 Å². The van der Waals surface area contributed by atoms with Gasteiger partial charge in [-0.3, -0.25) is 9.78 Å². The van der Waals surface area contributed by atoms with Crippen LogP contribution in [0, 0.1) is 13.8 Å². The van der Waals surface area contributed by atoms with E-state index in [2.05, 4.69) is 15.3 Å². The zero-order valence-electron chi connectivity index (χ0n) is 13.8. The van der Waals surface area contributed by atoms with Gasteiger partial charge >= 0.3 is 5.97 Å². The number of hydrogen-bond donors (Lipinski definition) is 2. The van der Waals surface area contributed by atoms with Crippen molar-refractivity contribution in [1.82, 2.24) is 15.3 Å². The average molecular weight is 315 g/mol. The van der Waals surface area contributed by atoms with Crippen LogP contribution in [-0.2, 0) is 4.74 Å². The third-order valence-electron chi connectivity index (χ3n) is 3.62. The Bertz CT molecular complexity index is 707. The Hall–Kier alpha value is -2.63. The number of esters is 1. The molecule has 0 aromatic carbocycles. The number of pyridine rings is 1. The van der Waals surface area contributed by atoms with Crippen LogP contribution in [-0.4, -0.2) is 28.5 Å². The van der Waals surface area contributed by atoms with Crippen molar-refractivity contribution >= 4 is 11.9 Å². The van der Waals surface area contributed by atoms with Crippen LogP contribution in [0.5, 0.6) is 0 Å². The molecule has 6 heteroatoms. The Labute approximate surface area is 135 Å². The second-order valence-corrected chi connectivity index (χ2v) is 5.30. The van der Waals surface area contributed by atoms with Gasteiger partial charge in [-0.25, -0.2) is 4.79 Å². The first kappa shape index (κ1) is 16.7. The number of aryl methyl sites for hydroxylation is 1. The molecule has 6 nitrogen and oxygen atoms in total. The molecular formula is C17H21N3O3. The summed E-state index contributed by atoms with van der Waals surface area (Å²) in [7, 11) is 0. The van der Waals surface area contributed by atoms with E-state index >= 15 is 0 Å². The van der Waals surface area contributed by atoms with Gasteiger partial charge in [0.05, 0.1) is 23.9 Å². The quantitative estimate of drug-likeness (QED) is 0.831. The van der Waals surface area contributed by atoms with Gasteiger partial charge < -0.3 is 15.0 Å². The highest BCUT2D eigenvalue weighted by Crippen LogP contribution is 2.20. The van der Waals surface area contributed by atoms with Crippen molar-refractivity contribution in [3.8, 4) is 0 Å². The number of rotatable bonds is 5. The largest absolute Gasteiger partial charge is 0.462 e. The molecule has 2 aromatic rings. The number of ether oxygens (including phenoxy) is 1. The van der Waals surface area contributed by atoms with Crippen molar-refractivity contribution in [2.45, 2.75) is 33.7 Å². The number of aromatic amines is 1. The van der Waals surface area contributed by atoms with Gasteiger partial charge in [0.25, 0.3) is 5.91 Å². The summed E-state index contributed by atoms with van der Waals surface area (Å²) in [4.78, 5) is 31.7. The van der Waals surface area contributed by atoms with Gasteiger partial charge in [-0.1, -0.05) is 6.07 Å². The minimum atomic E-state index is -0.421. The maximum absolute atomic E-state index is 12.5. The van der Waals surface area contributed by atoms with Crippen LogP contribution in [0.4, 0.5) is 0 Å². The fraction of sp³-hybridized carbons (Fsp3) is 0.353. The molecule has 2 aromatic heterocycles. The Morgan fingerprint density at radius 3 is 2.70 bits per heavy atom. The van der Waals surface area contributed by atoms with Gasteiger partial charge in [0.2, 0.25) is 0 Å². The molecule has 0 spiro atoms. The minimum Gasteiger partial charge on any atom is -0.462 e. The van der Waals surface area contributed by atoms with E-state index in [4.69, 9.17) is 4.74 Å². The van der Waals surface area contributed by atoms with Gasteiger partial charge in [0, 0.05) is 11.9 Å². The van der Waals surface area contributed by atoms with Crippen LogP contribution in [0.15, 0.2) is 24.4 Å². The van der Waals surface area contributed by atoms with E-state index in [-0.39, 0.29) is 11.9 Å². The van der Waals surface area contributed by atoms with Crippen molar-refractivity contribution in [2.75, 3.05) is 6.61 Å². The van der Waals surface area contributed by atoms with Crippen molar-refractivity contribution in [3.63, 3.8) is 0 Å². The summed E-state index contributed by atoms with van der Waals surface area (Å²) in [6.45, 7) is 7.38. The standard InChI is InChI=1S/C17H21N3O3/c1-5-23-17(22)14-10(2)15(19-12(14)4)16(21)20-11(3)13-8-6-7-9-18-13/h6-9,11,19H,5H2,1-4H3,(H,20,21). The minimum absolute atomic E-state index is 0.238. The van der Waals surface area contributed by atoms with E-state index in [0.717, 1.165) is 5.69 Å². The number of nitrogens with one attached hydrogen (secondary N) is 2. The number of carbonyl (C=O) groups is 2. The van der Waals surface area contributed by atoms with Crippen molar-refractivity contribution < 1.29 is 14.3 Å². The lowest BCUT2D eigenvalue weighted by atomic mass is 10.1. The molecule has 122 valence electrons. The van der Waals surface area contributed by atoms with Gasteiger partial charge in [-0.15, -0.1) is 0 Å².